The van der Waals surface area contributed by atoms with E-state index in [1.54, 1.807) is 72.8 Å². The first-order valence-electron chi connectivity index (χ1n) is 16.1. The first-order chi connectivity index (χ1) is 23.7. The average Bonchev–Trinajstić information content (AvgIpc) is 3.12. The Morgan fingerprint density at radius 3 is 1.61 bits per heavy atom. The Bertz CT molecular complexity index is 2130. The first kappa shape index (κ1) is 33.4. The molecule has 0 heterocycles. The Morgan fingerprint density at radius 1 is 0.612 bits per heavy atom. The molecule has 0 unspecified atom stereocenters. The molecule has 2 aliphatic rings. The lowest BCUT2D eigenvalue weighted by molar-refractivity contribution is 0.372. The van der Waals surface area contributed by atoms with E-state index in [4.69, 9.17) is 9.47 Å². The van der Waals surface area contributed by atoms with Gasteiger partial charge < -0.3 is 19.7 Å². The fourth-order valence-electron chi connectivity index (χ4n) is 5.77. The fraction of sp³-hybridized carbons (Fsp3) is 0.143. The van der Waals surface area contributed by atoms with Gasteiger partial charge in [0.1, 0.15) is 27.9 Å². The Kier molecular flexibility index (Phi) is 10.0. The third-order valence-electron chi connectivity index (χ3n) is 8.59. The molecule has 6 rings (SSSR count). The van der Waals surface area contributed by atoms with Gasteiger partial charge in [0, 0.05) is 0 Å². The largest absolute Gasteiger partial charge is 0.508 e. The van der Waals surface area contributed by atoms with Gasteiger partial charge in [0.2, 0.25) is 9.84 Å². The zero-order valence-corrected chi connectivity index (χ0v) is 28.3. The normalized spacial score (nSPS) is 16.4. The minimum atomic E-state index is -3.94. The van der Waals surface area contributed by atoms with Crippen LogP contribution in [0.4, 0.5) is 0 Å². The van der Waals surface area contributed by atoms with Crippen LogP contribution in [-0.2, 0) is 22.7 Å². The van der Waals surface area contributed by atoms with Crippen molar-refractivity contribution in [3.63, 3.8) is 0 Å². The van der Waals surface area contributed by atoms with E-state index in [0.29, 0.717) is 30.1 Å². The van der Waals surface area contributed by atoms with Gasteiger partial charge in [0.25, 0.3) is 0 Å². The number of phenols is 2. The number of rotatable bonds is 10. The summed E-state index contributed by atoms with van der Waals surface area (Å²) < 4.78 is 40.6. The molecule has 0 spiro atoms. The van der Waals surface area contributed by atoms with Crippen molar-refractivity contribution >= 4 is 9.84 Å². The third kappa shape index (κ3) is 8.13. The van der Waals surface area contributed by atoms with Crippen molar-refractivity contribution in [3.05, 3.63) is 178 Å². The number of allylic oxidation sites excluding steroid dienone is 10. The molecule has 0 bridgehead atoms. The van der Waals surface area contributed by atoms with E-state index in [9.17, 15) is 18.6 Å². The number of hydrogen-bond donors (Lipinski definition) is 2. The molecule has 49 heavy (non-hydrogen) atoms. The summed E-state index contributed by atoms with van der Waals surface area (Å²) in [6.07, 6.45) is 14.5. The number of hydrogen-bond acceptors (Lipinski definition) is 6. The quantitative estimate of drug-likeness (QED) is 0.175. The lowest BCUT2D eigenvalue weighted by atomic mass is 9.96. The number of ether oxygens (including phenoxy) is 2. The lowest BCUT2D eigenvalue weighted by Gasteiger charge is -2.20. The highest BCUT2D eigenvalue weighted by molar-refractivity contribution is 7.91. The van der Waals surface area contributed by atoms with Crippen LogP contribution in [0.15, 0.2) is 177 Å². The van der Waals surface area contributed by atoms with Crippen LogP contribution < -0.4 is 9.47 Å². The second-order valence-electron chi connectivity index (χ2n) is 12.2. The Labute approximate surface area is 287 Å². The Morgan fingerprint density at radius 2 is 1.12 bits per heavy atom. The number of phenolic OH excluding ortho intramolecular Hbond substituents is 2. The molecule has 0 radical (unpaired) electrons. The van der Waals surface area contributed by atoms with Gasteiger partial charge in [-0.2, -0.15) is 0 Å². The van der Waals surface area contributed by atoms with E-state index in [1.807, 2.05) is 60.7 Å². The van der Waals surface area contributed by atoms with Crippen molar-refractivity contribution in [2.45, 2.75) is 49.3 Å². The maximum Gasteiger partial charge on any atom is 0.210 e. The van der Waals surface area contributed by atoms with Gasteiger partial charge in [-0.15, -0.1) is 0 Å². The summed E-state index contributed by atoms with van der Waals surface area (Å²) in [7, 11) is -3.94. The standard InChI is InChI=1S/C42H38O6S/c1-29(27-31-11-19-35(43)20-12-31)33-15-23-37(24-16-33)47-40-9-6-10-41(49(45,46)39-7-4-3-5-8-39)42(40)48-38-25-17-34(18-26-38)30(2)28-32-13-21-36(44)22-14-32/h3-15,17,19-26,43-44H,16,18,27-28H2,1-2H3. The Balaban J connectivity index is 1.25. The second-order valence-corrected chi connectivity index (χ2v) is 14.1. The van der Waals surface area contributed by atoms with E-state index in [-0.39, 0.29) is 27.0 Å². The number of benzene rings is 4. The summed E-state index contributed by atoms with van der Waals surface area (Å²) in [5.41, 5.74) is 6.92. The zero-order chi connectivity index (χ0) is 34.4. The molecule has 4 aromatic rings. The molecule has 6 nitrogen and oxygen atoms in total. The van der Waals surface area contributed by atoms with Gasteiger partial charge in [0.05, 0.1) is 4.90 Å². The highest BCUT2D eigenvalue weighted by Gasteiger charge is 2.27. The lowest BCUT2D eigenvalue weighted by Crippen LogP contribution is -2.08. The molecule has 0 aromatic heterocycles. The fourth-order valence-corrected chi connectivity index (χ4v) is 7.18. The van der Waals surface area contributed by atoms with E-state index in [0.717, 1.165) is 29.5 Å². The van der Waals surface area contributed by atoms with E-state index < -0.39 is 9.84 Å². The van der Waals surface area contributed by atoms with Gasteiger partial charge in [-0.1, -0.05) is 71.8 Å². The van der Waals surface area contributed by atoms with Crippen LogP contribution in [0.25, 0.3) is 0 Å². The van der Waals surface area contributed by atoms with Gasteiger partial charge in [-0.25, -0.2) is 8.42 Å². The predicted octanol–water partition coefficient (Wildman–Crippen LogP) is 9.49. The molecule has 0 fully saturated rings. The molecule has 0 amide bonds. The molecular weight excluding hydrogens is 633 g/mol. The van der Waals surface area contributed by atoms with Gasteiger partial charge >= 0.3 is 0 Å². The van der Waals surface area contributed by atoms with Crippen LogP contribution in [-0.4, -0.2) is 18.6 Å². The highest BCUT2D eigenvalue weighted by atomic mass is 32.2. The molecule has 4 aromatic carbocycles. The summed E-state index contributed by atoms with van der Waals surface area (Å²) in [6.45, 7) is 4.18. The van der Waals surface area contributed by atoms with Crippen LogP contribution in [0.3, 0.4) is 0 Å². The molecule has 2 aliphatic carbocycles. The third-order valence-corrected chi connectivity index (χ3v) is 10.4. The number of sulfone groups is 1. The predicted molar refractivity (Wildman–Crippen MR) is 192 cm³/mol. The second kappa shape index (κ2) is 14.7. The maximum atomic E-state index is 13.9. The summed E-state index contributed by atoms with van der Waals surface area (Å²) in [5.74, 6) is 2.00. The highest BCUT2D eigenvalue weighted by Crippen LogP contribution is 2.40. The summed E-state index contributed by atoms with van der Waals surface area (Å²) in [5, 5.41) is 19.2. The van der Waals surface area contributed by atoms with E-state index in [1.165, 1.54) is 16.7 Å². The maximum absolute atomic E-state index is 13.9. The molecule has 2 N–H and O–H groups in total. The van der Waals surface area contributed by atoms with Crippen molar-refractivity contribution in [3.8, 4) is 23.0 Å². The molecule has 0 aliphatic heterocycles. The van der Waals surface area contributed by atoms with Crippen LogP contribution in [0, 0.1) is 0 Å². The van der Waals surface area contributed by atoms with Crippen molar-refractivity contribution in [1.82, 2.24) is 0 Å². The number of para-hydroxylation sites is 1. The first-order valence-corrected chi connectivity index (χ1v) is 17.6. The molecule has 7 heteroatoms. The minimum Gasteiger partial charge on any atom is -0.508 e. The van der Waals surface area contributed by atoms with Crippen molar-refractivity contribution in [2.24, 2.45) is 0 Å². The molecule has 0 saturated carbocycles. The SMILES string of the molecule is CC(Cc1ccc(O)cc1)=C1C=CC(Oc2cccc(S(=O)(=O)c3ccccc3)c2OC2=CCC(=C(C)Cc3ccc(O)cc3)C=C2)=CC1. The van der Waals surface area contributed by atoms with Crippen LogP contribution in [0.5, 0.6) is 23.0 Å². The average molecular weight is 671 g/mol. The van der Waals surface area contributed by atoms with Crippen molar-refractivity contribution < 1.29 is 28.1 Å². The van der Waals surface area contributed by atoms with E-state index >= 15 is 0 Å². The number of aromatic hydroxyl groups is 2. The van der Waals surface area contributed by atoms with Crippen LogP contribution in [0.1, 0.15) is 37.8 Å². The van der Waals surface area contributed by atoms with Gasteiger partial charge in [0.15, 0.2) is 11.5 Å². The van der Waals surface area contributed by atoms with Gasteiger partial charge in [-0.3, -0.25) is 0 Å². The van der Waals surface area contributed by atoms with E-state index in [2.05, 4.69) is 13.8 Å². The van der Waals surface area contributed by atoms with Crippen molar-refractivity contribution in [2.75, 3.05) is 0 Å². The summed E-state index contributed by atoms with van der Waals surface area (Å²) in [6, 6.07) is 27.7. The zero-order valence-electron chi connectivity index (χ0n) is 27.5. The minimum absolute atomic E-state index is 0.0149. The van der Waals surface area contributed by atoms with Crippen LogP contribution in [0.2, 0.25) is 0 Å². The van der Waals surface area contributed by atoms with Crippen molar-refractivity contribution in [1.29, 1.82) is 0 Å². The molecule has 0 saturated heterocycles. The Hall–Kier alpha value is -5.53. The summed E-state index contributed by atoms with van der Waals surface area (Å²) >= 11 is 0. The monoisotopic (exact) mass is 670 g/mol. The smallest absolute Gasteiger partial charge is 0.210 e. The summed E-state index contributed by atoms with van der Waals surface area (Å²) in [4.78, 5) is 0.178. The molecule has 248 valence electrons. The van der Waals surface area contributed by atoms with Crippen LogP contribution >= 0.6 is 0 Å². The molecule has 0 atom stereocenters. The van der Waals surface area contributed by atoms with Gasteiger partial charge in [-0.05, 0) is 135 Å². The topological polar surface area (TPSA) is 93.1 Å². The molecular formula is C42H38O6S.